The van der Waals surface area contributed by atoms with E-state index in [0.29, 0.717) is 0 Å². The highest BCUT2D eigenvalue weighted by Gasteiger charge is 2.14. The summed E-state index contributed by atoms with van der Waals surface area (Å²) in [5.41, 5.74) is 6.10. The lowest BCUT2D eigenvalue weighted by atomic mass is 10.1. The van der Waals surface area contributed by atoms with Gasteiger partial charge in [-0.25, -0.2) is 4.98 Å². The molecule has 3 aromatic rings. The molecule has 0 saturated heterocycles. The van der Waals surface area contributed by atoms with Crippen LogP contribution in [0.5, 0.6) is 0 Å². The van der Waals surface area contributed by atoms with Gasteiger partial charge in [0.15, 0.2) is 0 Å². The zero-order valence-corrected chi connectivity index (χ0v) is 10.5. The van der Waals surface area contributed by atoms with Crippen LogP contribution in [0.3, 0.4) is 0 Å². The molecule has 2 heterocycles. The Morgan fingerprint density at radius 1 is 1.05 bits per heavy atom. The van der Waals surface area contributed by atoms with Crippen LogP contribution in [0.2, 0.25) is 0 Å². The summed E-state index contributed by atoms with van der Waals surface area (Å²) >= 11 is 0. The first-order chi connectivity index (χ1) is 9.40. The third-order valence-electron chi connectivity index (χ3n) is 3.65. The lowest BCUT2D eigenvalue weighted by Gasteiger charge is -2.05. The second-order valence-electron chi connectivity index (χ2n) is 4.96. The first kappa shape index (κ1) is 10.8. The van der Waals surface area contributed by atoms with Crippen molar-refractivity contribution in [3.05, 3.63) is 65.5 Å². The number of ether oxygens (including phenoxy) is 1. The van der Waals surface area contributed by atoms with Gasteiger partial charge in [0.25, 0.3) is 0 Å². The number of hydrogen-bond donors (Lipinski definition) is 0. The van der Waals surface area contributed by atoms with Crippen molar-refractivity contribution in [1.29, 1.82) is 0 Å². The van der Waals surface area contributed by atoms with Gasteiger partial charge in [-0.15, -0.1) is 0 Å². The smallest absolute Gasteiger partial charge is 0.0961 e. The van der Waals surface area contributed by atoms with Gasteiger partial charge in [-0.3, -0.25) is 0 Å². The van der Waals surface area contributed by atoms with Crippen molar-refractivity contribution in [3.8, 4) is 0 Å². The summed E-state index contributed by atoms with van der Waals surface area (Å²) in [4.78, 5) is 4.50. The van der Waals surface area contributed by atoms with Gasteiger partial charge >= 0.3 is 0 Å². The molecule has 0 unspecified atom stereocenters. The molecule has 0 bridgehead atoms. The van der Waals surface area contributed by atoms with Crippen molar-refractivity contribution in [3.63, 3.8) is 0 Å². The molecule has 0 atom stereocenters. The molecule has 0 amide bonds. The van der Waals surface area contributed by atoms with Crippen molar-refractivity contribution in [2.24, 2.45) is 0 Å². The predicted octanol–water partition coefficient (Wildman–Crippen LogP) is 3.11. The summed E-state index contributed by atoms with van der Waals surface area (Å²) in [7, 11) is 0. The molecule has 3 nitrogen and oxygen atoms in total. The zero-order chi connectivity index (χ0) is 12.7. The Hall–Kier alpha value is -2.13. The van der Waals surface area contributed by atoms with E-state index in [1.54, 1.807) is 0 Å². The molecule has 2 aromatic carbocycles. The summed E-state index contributed by atoms with van der Waals surface area (Å²) in [6, 6.07) is 14.8. The largest absolute Gasteiger partial charge is 0.372 e. The van der Waals surface area contributed by atoms with E-state index in [9.17, 15) is 0 Å². The number of fused-ring (bicyclic) bond motifs is 2. The highest BCUT2D eigenvalue weighted by molar-refractivity contribution is 5.77. The van der Waals surface area contributed by atoms with Crippen molar-refractivity contribution < 1.29 is 4.74 Å². The van der Waals surface area contributed by atoms with E-state index in [4.69, 9.17) is 4.74 Å². The fraction of sp³-hybridized carbons (Fsp3) is 0.188. The third kappa shape index (κ3) is 1.83. The molecule has 4 rings (SSSR count). The molecule has 19 heavy (non-hydrogen) atoms. The Kier molecular flexibility index (Phi) is 2.38. The van der Waals surface area contributed by atoms with Crippen LogP contribution in [0.25, 0.3) is 11.0 Å². The van der Waals surface area contributed by atoms with E-state index in [-0.39, 0.29) is 0 Å². The second-order valence-corrected chi connectivity index (χ2v) is 4.96. The van der Waals surface area contributed by atoms with Gasteiger partial charge in [0.05, 0.1) is 30.6 Å². The minimum atomic E-state index is 0.719. The molecule has 1 aromatic heterocycles. The maximum Gasteiger partial charge on any atom is 0.0961 e. The van der Waals surface area contributed by atoms with Gasteiger partial charge in [-0.1, -0.05) is 30.3 Å². The maximum atomic E-state index is 5.48. The van der Waals surface area contributed by atoms with Crippen LogP contribution in [-0.2, 0) is 24.5 Å². The number of nitrogens with zero attached hydrogens (tertiary/aromatic N) is 2. The normalized spacial score (nSPS) is 13.9. The number of imidazole rings is 1. The molecule has 0 N–H and O–H groups in total. The van der Waals surface area contributed by atoms with E-state index in [2.05, 4.69) is 45.9 Å². The van der Waals surface area contributed by atoms with Crippen LogP contribution in [-0.4, -0.2) is 9.55 Å². The summed E-state index contributed by atoms with van der Waals surface area (Å²) < 4.78 is 7.67. The lowest BCUT2D eigenvalue weighted by Crippen LogP contribution is -1.98. The number of hydrogen-bond acceptors (Lipinski definition) is 2. The minimum Gasteiger partial charge on any atom is -0.372 e. The highest BCUT2D eigenvalue weighted by atomic mass is 16.5. The van der Waals surface area contributed by atoms with Gasteiger partial charge in [-0.05, 0) is 28.8 Å². The van der Waals surface area contributed by atoms with E-state index < -0.39 is 0 Å². The topological polar surface area (TPSA) is 27.1 Å². The molecule has 0 radical (unpaired) electrons. The monoisotopic (exact) mass is 250 g/mol. The van der Waals surface area contributed by atoms with Crippen molar-refractivity contribution in [1.82, 2.24) is 9.55 Å². The zero-order valence-electron chi connectivity index (χ0n) is 10.5. The van der Waals surface area contributed by atoms with Crippen LogP contribution in [0.4, 0.5) is 0 Å². The fourth-order valence-corrected chi connectivity index (χ4v) is 2.64. The summed E-state index contributed by atoms with van der Waals surface area (Å²) in [6.45, 7) is 2.30. The molecule has 0 spiro atoms. The van der Waals surface area contributed by atoms with E-state index >= 15 is 0 Å². The minimum absolute atomic E-state index is 0.719. The Morgan fingerprint density at radius 3 is 2.68 bits per heavy atom. The van der Waals surface area contributed by atoms with E-state index in [0.717, 1.165) is 25.3 Å². The average Bonchev–Trinajstić information content (AvgIpc) is 3.05. The quantitative estimate of drug-likeness (QED) is 0.698. The highest BCUT2D eigenvalue weighted by Crippen LogP contribution is 2.25. The van der Waals surface area contributed by atoms with Gasteiger partial charge < -0.3 is 9.30 Å². The molecular weight excluding hydrogens is 236 g/mol. The van der Waals surface area contributed by atoms with Crippen molar-refractivity contribution >= 4 is 11.0 Å². The number of benzene rings is 2. The SMILES string of the molecule is c1ccc(Cn2cnc3cc4c(cc32)COC4)cc1. The molecule has 94 valence electrons. The lowest BCUT2D eigenvalue weighted by molar-refractivity contribution is 0.134. The molecule has 0 aliphatic carbocycles. The average molecular weight is 250 g/mol. The van der Waals surface area contributed by atoms with Crippen LogP contribution in [0.15, 0.2) is 48.8 Å². The third-order valence-corrected chi connectivity index (χ3v) is 3.65. The summed E-state index contributed by atoms with van der Waals surface area (Å²) in [6.07, 6.45) is 1.92. The summed E-state index contributed by atoms with van der Waals surface area (Å²) in [5.74, 6) is 0. The van der Waals surface area contributed by atoms with Crippen molar-refractivity contribution in [2.45, 2.75) is 19.8 Å². The number of rotatable bonds is 2. The Balaban J connectivity index is 1.79. The number of aromatic nitrogens is 2. The van der Waals surface area contributed by atoms with Crippen LogP contribution < -0.4 is 0 Å². The van der Waals surface area contributed by atoms with Gasteiger partial charge in [0.2, 0.25) is 0 Å². The summed E-state index contributed by atoms with van der Waals surface area (Å²) in [5, 5.41) is 0. The van der Waals surface area contributed by atoms with E-state index in [1.165, 1.54) is 22.2 Å². The Bertz CT molecular complexity index is 731. The van der Waals surface area contributed by atoms with Crippen molar-refractivity contribution in [2.75, 3.05) is 0 Å². The molecule has 1 aliphatic rings. The van der Waals surface area contributed by atoms with Crippen LogP contribution in [0, 0.1) is 0 Å². The molecule has 1 aliphatic heterocycles. The fourth-order valence-electron chi connectivity index (χ4n) is 2.64. The first-order valence-corrected chi connectivity index (χ1v) is 6.48. The van der Waals surface area contributed by atoms with Gasteiger partial charge in [0, 0.05) is 6.54 Å². The van der Waals surface area contributed by atoms with Crippen LogP contribution in [0.1, 0.15) is 16.7 Å². The first-order valence-electron chi connectivity index (χ1n) is 6.48. The molecule has 0 fully saturated rings. The molecule has 0 saturated carbocycles. The predicted molar refractivity (Wildman–Crippen MR) is 73.8 cm³/mol. The van der Waals surface area contributed by atoms with E-state index in [1.807, 2.05) is 12.4 Å². The maximum absolute atomic E-state index is 5.48. The molecule has 3 heteroatoms. The van der Waals surface area contributed by atoms with Gasteiger partial charge in [-0.2, -0.15) is 0 Å². The molecular formula is C16H14N2O. The Labute approximate surface area is 111 Å². The second kappa shape index (κ2) is 4.21. The van der Waals surface area contributed by atoms with Crippen LogP contribution >= 0.6 is 0 Å². The van der Waals surface area contributed by atoms with Gasteiger partial charge in [0.1, 0.15) is 0 Å². The Morgan fingerprint density at radius 2 is 1.84 bits per heavy atom. The standard InChI is InChI=1S/C16H14N2O/c1-2-4-12(5-3-1)8-18-11-17-15-6-13-9-19-10-14(13)7-16(15)18/h1-7,11H,8-10H2.